The molecule has 0 aliphatic rings. The van der Waals surface area contributed by atoms with Crippen molar-refractivity contribution < 1.29 is 55.7 Å². The topological polar surface area (TPSA) is 232 Å². The first-order valence-corrected chi connectivity index (χ1v) is 4.10. The molecule has 0 aromatic rings. The molecule has 0 saturated heterocycles. The third-order valence-electron chi connectivity index (χ3n) is 1.29. The second-order valence-corrected chi connectivity index (χ2v) is 3.00. The monoisotopic (exact) mass is 400 g/mol. The van der Waals surface area contributed by atoms with Crippen LogP contribution in [-0.4, -0.2) is 206 Å². The van der Waals surface area contributed by atoms with E-state index in [9.17, 15) is 14.4 Å². The Morgan fingerprint density at radius 1 is 0.783 bits per heavy atom. The van der Waals surface area contributed by atoms with E-state index in [4.69, 9.17) is 30.3 Å². The van der Waals surface area contributed by atoms with E-state index in [-0.39, 0.29) is 151 Å². The van der Waals surface area contributed by atoms with Crippen molar-refractivity contribution >= 4 is 164 Å². The van der Waals surface area contributed by atoms with Crippen molar-refractivity contribution in [3.8, 4) is 0 Å². The van der Waals surface area contributed by atoms with Crippen molar-refractivity contribution in [2.45, 2.75) is 25.4 Å². The normalized spacial score (nSPS) is 7.22. The first kappa shape index (κ1) is 49.9. The van der Waals surface area contributed by atoms with E-state index in [0.29, 0.717) is 0 Å². The molecule has 0 aliphatic carbocycles. The van der Waals surface area contributed by atoms with Gasteiger partial charge < -0.3 is 36.5 Å². The number of hydrogen-bond acceptors (Lipinski definition) is 5. The molecule has 0 saturated carbocycles. The van der Waals surface area contributed by atoms with Gasteiger partial charge in [0.15, 0.2) is 5.60 Å². The summed E-state index contributed by atoms with van der Waals surface area (Å²) in [6, 6.07) is 0. The summed E-state index contributed by atoms with van der Waals surface area (Å²) in [6.45, 7) is 1.08. The second kappa shape index (κ2) is 26.6. The average Bonchev–Trinajstić information content (AvgIpc) is 1.98. The Hall–Kier alpha value is 2.40. The first-order valence-electron chi connectivity index (χ1n) is 4.10. The van der Waals surface area contributed by atoms with Gasteiger partial charge in [-0.25, -0.2) is 4.79 Å². The molecule has 0 spiro atoms. The Balaban J connectivity index is -0.0000000339. The van der Waals surface area contributed by atoms with E-state index in [1.165, 1.54) is 0 Å². The van der Waals surface area contributed by atoms with Gasteiger partial charge in [-0.2, -0.15) is 0 Å². The van der Waals surface area contributed by atoms with Crippen LogP contribution in [0.2, 0.25) is 0 Å². The Morgan fingerprint density at radius 2 is 0.957 bits per heavy atom. The van der Waals surface area contributed by atoms with Gasteiger partial charge in [0.25, 0.3) is 5.97 Å². The second-order valence-electron chi connectivity index (χ2n) is 3.00. The number of carboxylic acids is 4. The SMILES string of the molecule is CC(=O)O.O.O.O=C(O)CC(O)(CC(=O)O)C(=O)O.[KH].[NaH].[NaH].[NaH]. The first-order chi connectivity index (χ1) is 7.51. The molecule has 0 heterocycles. The van der Waals surface area contributed by atoms with E-state index in [1.807, 2.05) is 0 Å². The molecular weight excluding hydrogens is 380 g/mol. The maximum absolute atomic E-state index is 10.3. The molecule has 23 heavy (non-hydrogen) atoms. The van der Waals surface area contributed by atoms with Crippen molar-refractivity contribution in [1.29, 1.82) is 0 Å². The van der Waals surface area contributed by atoms with Gasteiger partial charge in [-0.05, 0) is 0 Å². The van der Waals surface area contributed by atoms with Crippen molar-refractivity contribution in [1.82, 2.24) is 0 Å². The molecule has 0 bridgehead atoms. The molecule has 0 unspecified atom stereocenters. The molecule has 9 N–H and O–H groups in total. The maximum atomic E-state index is 10.3. The van der Waals surface area contributed by atoms with E-state index < -0.39 is 42.3 Å². The van der Waals surface area contributed by atoms with Gasteiger partial charge in [0.2, 0.25) is 0 Å². The molecular formula is C8H20KNa3O11. The van der Waals surface area contributed by atoms with Crippen LogP contribution in [0.15, 0.2) is 0 Å². The van der Waals surface area contributed by atoms with Crippen LogP contribution in [0.25, 0.3) is 0 Å². The van der Waals surface area contributed by atoms with E-state index >= 15 is 0 Å². The zero-order valence-electron chi connectivity index (χ0n) is 9.78. The van der Waals surface area contributed by atoms with Crippen LogP contribution in [0, 0.1) is 0 Å². The number of hydrogen-bond donors (Lipinski definition) is 5. The summed E-state index contributed by atoms with van der Waals surface area (Å²) in [4.78, 5) is 39.5. The summed E-state index contributed by atoms with van der Waals surface area (Å²) in [5.74, 6) is -5.85. The fraction of sp³-hybridized carbons (Fsp3) is 0.500. The van der Waals surface area contributed by atoms with Crippen molar-refractivity contribution in [3.05, 3.63) is 0 Å². The quantitative estimate of drug-likeness (QED) is 0.277. The summed E-state index contributed by atoms with van der Waals surface area (Å²) in [7, 11) is 0. The molecule has 15 heteroatoms. The Bertz CT molecular complexity index is 319. The molecule has 0 radical (unpaired) electrons. The van der Waals surface area contributed by atoms with Gasteiger partial charge >= 0.3 is 158 Å². The minimum atomic E-state index is -2.74. The van der Waals surface area contributed by atoms with Gasteiger partial charge in [0, 0.05) is 6.92 Å². The van der Waals surface area contributed by atoms with Gasteiger partial charge in [0.1, 0.15) is 0 Å². The molecule has 0 amide bonds. The fourth-order valence-electron chi connectivity index (χ4n) is 0.714. The van der Waals surface area contributed by atoms with Crippen LogP contribution in [0.5, 0.6) is 0 Å². The molecule has 0 aromatic carbocycles. The summed E-state index contributed by atoms with van der Waals surface area (Å²) in [5, 5.41) is 41.2. The van der Waals surface area contributed by atoms with Crippen molar-refractivity contribution in [2.75, 3.05) is 0 Å². The minimum absolute atomic E-state index is 0. The van der Waals surface area contributed by atoms with E-state index in [2.05, 4.69) is 0 Å². The summed E-state index contributed by atoms with van der Waals surface area (Å²) in [6.07, 6.45) is -2.29. The number of carbonyl (C=O) groups is 4. The van der Waals surface area contributed by atoms with Crippen LogP contribution in [0.1, 0.15) is 19.8 Å². The van der Waals surface area contributed by atoms with E-state index in [0.717, 1.165) is 6.92 Å². The van der Waals surface area contributed by atoms with Gasteiger partial charge in [-0.3, -0.25) is 14.4 Å². The van der Waals surface area contributed by atoms with Crippen LogP contribution in [0.3, 0.4) is 0 Å². The van der Waals surface area contributed by atoms with E-state index in [1.54, 1.807) is 0 Å². The fourth-order valence-corrected chi connectivity index (χ4v) is 0.714. The molecule has 122 valence electrons. The molecule has 0 aromatic heterocycles. The molecule has 11 nitrogen and oxygen atoms in total. The van der Waals surface area contributed by atoms with Crippen LogP contribution in [-0.2, 0) is 19.2 Å². The van der Waals surface area contributed by atoms with Crippen LogP contribution >= 0.6 is 0 Å². The van der Waals surface area contributed by atoms with Crippen molar-refractivity contribution in [2.24, 2.45) is 0 Å². The number of aliphatic carboxylic acids is 4. The van der Waals surface area contributed by atoms with Gasteiger partial charge in [0.05, 0.1) is 12.8 Å². The molecule has 0 rings (SSSR count). The zero-order valence-corrected chi connectivity index (χ0v) is 9.78. The predicted octanol–water partition coefficient (Wildman–Crippen LogP) is -5.40. The van der Waals surface area contributed by atoms with Gasteiger partial charge in [-0.15, -0.1) is 0 Å². The number of carboxylic acid groups (broad SMARTS) is 4. The number of rotatable bonds is 5. The predicted molar refractivity (Wildman–Crippen MR) is 86.2 cm³/mol. The zero-order chi connectivity index (χ0) is 14.2. The summed E-state index contributed by atoms with van der Waals surface area (Å²) in [5.41, 5.74) is -2.74. The molecule has 0 atom stereocenters. The standard InChI is InChI=1S/C6H8O7.C2H4O2.K.3Na.2H2O.4H/c7-3(8)1-6(13,5(11)12)2-4(9)10;1-2(3)4;;;;;;;;;;/h13H,1-2H2,(H,7,8)(H,9,10)(H,11,12);1H3,(H,3,4);;;;;2*1H2;;;;. The third-order valence-corrected chi connectivity index (χ3v) is 1.29. The van der Waals surface area contributed by atoms with Gasteiger partial charge in [-0.1, -0.05) is 0 Å². The third kappa shape index (κ3) is 36.2. The average molecular weight is 400 g/mol. The van der Waals surface area contributed by atoms with Crippen LogP contribution in [0.4, 0.5) is 0 Å². The molecule has 0 aliphatic heterocycles. The Kier molecular flexibility index (Phi) is 57.8. The Labute approximate surface area is 240 Å². The van der Waals surface area contributed by atoms with Crippen LogP contribution < -0.4 is 0 Å². The summed E-state index contributed by atoms with van der Waals surface area (Å²) >= 11 is 0. The Morgan fingerprint density at radius 3 is 1.04 bits per heavy atom. The molecule has 0 fully saturated rings. The number of aliphatic hydroxyl groups is 1. The summed E-state index contributed by atoms with van der Waals surface area (Å²) < 4.78 is 0. The van der Waals surface area contributed by atoms with Crippen molar-refractivity contribution in [3.63, 3.8) is 0 Å².